The van der Waals surface area contributed by atoms with Crippen molar-refractivity contribution in [1.82, 2.24) is 0 Å². The molecule has 7 rings (SSSR count). The van der Waals surface area contributed by atoms with E-state index in [9.17, 15) is 0 Å². The summed E-state index contributed by atoms with van der Waals surface area (Å²) in [5.41, 5.74) is 9.45. The molecular weight excluding hydrogens is 460 g/mol. The van der Waals surface area contributed by atoms with Crippen LogP contribution in [0.1, 0.15) is 0 Å². The van der Waals surface area contributed by atoms with Crippen LogP contribution in [0.2, 0.25) is 0 Å². The third-order valence-electron chi connectivity index (χ3n) is 6.80. The standard InChI is InChI=1S/C30H21B2NS2/c1-3-12-22(13-4-1)34-31-24-16-7-9-20-28(24)33-29-21-10-8-17-25(29)32(35-23-14-5-2-6-15-23)27-19-11-18-26(31)30(27)33/h1-21H. The summed E-state index contributed by atoms with van der Waals surface area (Å²) in [7, 11) is 0. The van der Waals surface area contributed by atoms with Gasteiger partial charge in [-0.15, -0.1) is 0 Å². The molecule has 2 heterocycles. The first-order valence-corrected chi connectivity index (χ1v) is 13.7. The van der Waals surface area contributed by atoms with Gasteiger partial charge in [-0.1, -0.05) is 91.0 Å². The van der Waals surface area contributed by atoms with E-state index in [1.165, 1.54) is 48.7 Å². The van der Waals surface area contributed by atoms with Crippen molar-refractivity contribution < 1.29 is 0 Å². The van der Waals surface area contributed by atoms with Crippen LogP contribution in [0.4, 0.5) is 17.1 Å². The van der Waals surface area contributed by atoms with Gasteiger partial charge in [0.2, 0.25) is 0 Å². The fraction of sp³-hybridized carbons (Fsp3) is 0. The predicted molar refractivity (Wildman–Crippen MR) is 156 cm³/mol. The molecule has 35 heavy (non-hydrogen) atoms. The number of anilines is 3. The summed E-state index contributed by atoms with van der Waals surface area (Å²) in [4.78, 5) is 5.11. The lowest BCUT2D eigenvalue weighted by atomic mass is 9.51. The van der Waals surface area contributed by atoms with Gasteiger partial charge in [0.25, 0.3) is 12.0 Å². The van der Waals surface area contributed by atoms with Crippen LogP contribution < -0.4 is 26.8 Å². The van der Waals surface area contributed by atoms with E-state index in [-0.39, 0.29) is 12.0 Å². The van der Waals surface area contributed by atoms with Crippen LogP contribution in [0.5, 0.6) is 0 Å². The van der Waals surface area contributed by atoms with E-state index in [1.54, 1.807) is 0 Å². The van der Waals surface area contributed by atoms with Gasteiger partial charge in [0.1, 0.15) is 0 Å². The minimum absolute atomic E-state index is 0.243. The van der Waals surface area contributed by atoms with E-state index in [0.717, 1.165) is 0 Å². The average Bonchev–Trinajstić information content (AvgIpc) is 2.93. The van der Waals surface area contributed by atoms with Crippen LogP contribution in [0.3, 0.4) is 0 Å². The Balaban J connectivity index is 1.45. The van der Waals surface area contributed by atoms with Gasteiger partial charge in [-0.2, -0.15) is 23.2 Å². The van der Waals surface area contributed by atoms with Crippen LogP contribution >= 0.6 is 23.2 Å². The minimum Gasteiger partial charge on any atom is -0.312 e. The molecule has 0 bridgehead atoms. The summed E-state index contributed by atoms with van der Waals surface area (Å²) in [5, 5.41) is 0. The summed E-state index contributed by atoms with van der Waals surface area (Å²) in [6, 6.07) is 46.4. The Labute approximate surface area is 215 Å². The smallest absolute Gasteiger partial charge is 0.284 e. The molecule has 0 fully saturated rings. The maximum Gasteiger partial charge on any atom is 0.284 e. The van der Waals surface area contributed by atoms with Crippen LogP contribution in [0, 0.1) is 0 Å². The largest absolute Gasteiger partial charge is 0.312 e. The Morgan fingerprint density at radius 2 is 0.800 bits per heavy atom. The number of para-hydroxylation sites is 3. The fourth-order valence-corrected chi connectivity index (χ4v) is 7.78. The third-order valence-corrected chi connectivity index (χ3v) is 9.38. The fourth-order valence-electron chi connectivity index (χ4n) is 5.32. The van der Waals surface area contributed by atoms with Gasteiger partial charge >= 0.3 is 0 Å². The van der Waals surface area contributed by atoms with Crippen molar-refractivity contribution in [3.8, 4) is 0 Å². The highest BCUT2D eigenvalue weighted by atomic mass is 32.2. The molecule has 5 aromatic rings. The monoisotopic (exact) mass is 481 g/mol. The van der Waals surface area contributed by atoms with E-state index in [0.29, 0.717) is 0 Å². The first kappa shape index (κ1) is 21.0. The first-order valence-electron chi connectivity index (χ1n) is 11.9. The van der Waals surface area contributed by atoms with Gasteiger partial charge in [-0.25, -0.2) is 0 Å². The van der Waals surface area contributed by atoms with Crippen molar-refractivity contribution in [2.24, 2.45) is 0 Å². The molecule has 0 unspecified atom stereocenters. The number of rotatable bonds is 4. The van der Waals surface area contributed by atoms with Crippen LogP contribution in [0.25, 0.3) is 0 Å². The van der Waals surface area contributed by atoms with Gasteiger partial charge in [0.05, 0.1) is 0 Å². The molecule has 0 atom stereocenters. The van der Waals surface area contributed by atoms with Gasteiger partial charge in [-0.05, 0) is 68.0 Å². The number of hydrogen-bond donors (Lipinski definition) is 0. The van der Waals surface area contributed by atoms with Gasteiger partial charge in [-0.3, -0.25) is 0 Å². The number of benzene rings is 5. The van der Waals surface area contributed by atoms with E-state index >= 15 is 0 Å². The summed E-state index contributed by atoms with van der Waals surface area (Å²) < 4.78 is 0. The minimum atomic E-state index is 0.243. The maximum absolute atomic E-state index is 2.51. The Morgan fingerprint density at radius 3 is 1.29 bits per heavy atom. The molecule has 0 aromatic heterocycles. The zero-order valence-corrected chi connectivity index (χ0v) is 20.7. The second-order valence-corrected chi connectivity index (χ2v) is 11.2. The molecule has 0 saturated carbocycles. The molecule has 0 saturated heterocycles. The second kappa shape index (κ2) is 8.75. The molecule has 0 amide bonds. The average molecular weight is 481 g/mol. The summed E-state index contributed by atoms with van der Waals surface area (Å²) in [5.74, 6) is 0.486. The molecule has 0 N–H and O–H groups in total. The Hall–Kier alpha value is -3.27. The van der Waals surface area contributed by atoms with Gasteiger partial charge in [0, 0.05) is 17.1 Å². The SMILES string of the molecule is c1ccc(SB2c3ccccc3N3c4ccccc4B(Sc4ccccc4)c4cccc2c43)cc1. The molecule has 0 aliphatic carbocycles. The highest BCUT2D eigenvalue weighted by molar-refractivity contribution is 8.28. The molecule has 0 radical (unpaired) electrons. The third kappa shape index (κ3) is 3.53. The second-order valence-electron chi connectivity index (χ2n) is 8.86. The zero-order valence-electron chi connectivity index (χ0n) is 19.0. The molecule has 164 valence electrons. The molecule has 2 aliphatic rings. The quantitative estimate of drug-likeness (QED) is 0.309. The summed E-state index contributed by atoms with van der Waals surface area (Å²) in [6.07, 6.45) is 0. The number of hydrogen-bond acceptors (Lipinski definition) is 3. The van der Waals surface area contributed by atoms with Crippen LogP contribution in [-0.2, 0) is 0 Å². The highest BCUT2D eigenvalue weighted by Gasteiger charge is 2.42. The molecular formula is C30H21B2NS2. The molecule has 0 spiro atoms. The summed E-state index contributed by atoms with van der Waals surface area (Å²) >= 11 is 3.90. The summed E-state index contributed by atoms with van der Waals surface area (Å²) in [6.45, 7) is 0. The van der Waals surface area contributed by atoms with Crippen molar-refractivity contribution in [2.75, 3.05) is 4.90 Å². The van der Waals surface area contributed by atoms with E-state index in [4.69, 9.17) is 0 Å². The maximum atomic E-state index is 2.51. The van der Waals surface area contributed by atoms with E-state index in [2.05, 4.69) is 132 Å². The van der Waals surface area contributed by atoms with Crippen LogP contribution in [-0.4, -0.2) is 12.0 Å². The zero-order chi connectivity index (χ0) is 23.2. The molecule has 2 aliphatic heterocycles. The van der Waals surface area contributed by atoms with Crippen LogP contribution in [0.15, 0.2) is 137 Å². The lowest BCUT2D eigenvalue weighted by Gasteiger charge is -2.43. The molecule has 5 heteroatoms. The normalized spacial score (nSPS) is 13.2. The Kier molecular flexibility index (Phi) is 5.26. The Morgan fingerprint density at radius 1 is 0.400 bits per heavy atom. The highest BCUT2D eigenvalue weighted by Crippen LogP contribution is 2.41. The number of fused-ring (bicyclic) bond motifs is 4. The molecule has 1 nitrogen and oxygen atoms in total. The van der Waals surface area contributed by atoms with E-state index < -0.39 is 0 Å². The van der Waals surface area contributed by atoms with Gasteiger partial charge in [0.15, 0.2) is 0 Å². The topological polar surface area (TPSA) is 3.24 Å². The first-order chi connectivity index (χ1) is 17.4. The van der Waals surface area contributed by atoms with Crippen molar-refractivity contribution >= 4 is 74.1 Å². The predicted octanol–water partition coefficient (Wildman–Crippen LogP) is 5.58. The van der Waals surface area contributed by atoms with Crippen molar-refractivity contribution in [1.29, 1.82) is 0 Å². The van der Waals surface area contributed by atoms with Crippen molar-refractivity contribution in [2.45, 2.75) is 9.79 Å². The molecule has 5 aromatic carbocycles. The van der Waals surface area contributed by atoms with E-state index in [1.807, 2.05) is 23.2 Å². The number of nitrogens with zero attached hydrogens (tertiary/aromatic N) is 1. The van der Waals surface area contributed by atoms with Crippen molar-refractivity contribution in [3.05, 3.63) is 127 Å². The lowest BCUT2D eigenvalue weighted by Crippen LogP contribution is -2.57. The lowest BCUT2D eigenvalue weighted by molar-refractivity contribution is 1.31. The van der Waals surface area contributed by atoms with Gasteiger partial charge < -0.3 is 4.90 Å². The van der Waals surface area contributed by atoms with Crippen molar-refractivity contribution in [3.63, 3.8) is 0 Å². The Bertz CT molecular complexity index is 1410.